The standard InChI is InChI=1S/C26H25N3O5S/c1-16-4-7-19(8-5-16)35(31,32)29-15-18-10-11-27-20-13-21(26(30)25(29)24(18)20)28-14-17-6-9-22(33-2)23(12-17)34-3/h4-9,12-15,27,30H,10-11H2,1-3H3. The van der Waals surface area contributed by atoms with E-state index in [1.165, 1.54) is 3.97 Å². The highest BCUT2D eigenvalue weighted by atomic mass is 32.2. The number of anilines is 1. The number of ether oxygens (including phenoxy) is 2. The number of nitrogens with zero attached hydrogens (tertiary/aromatic N) is 2. The maximum absolute atomic E-state index is 13.6. The third-order valence-electron chi connectivity index (χ3n) is 6.12. The molecule has 0 unspecified atom stereocenters. The molecule has 0 bridgehead atoms. The van der Waals surface area contributed by atoms with Crippen LogP contribution in [-0.4, -0.2) is 44.5 Å². The maximum atomic E-state index is 13.6. The molecule has 1 aliphatic rings. The molecule has 35 heavy (non-hydrogen) atoms. The van der Waals surface area contributed by atoms with Crippen molar-refractivity contribution in [2.45, 2.75) is 18.2 Å². The van der Waals surface area contributed by atoms with Crippen molar-refractivity contribution in [3.05, 3.63) is 71.4 Å². The number of hydrogen-bond donors (Lipinski definition) is 2. The van der Waals surface area contributed by atoms with E-state index in [0.717, 1.165) is 22.4 Å². The molecule has 1 aromatic heterocycles. The zero-order valence-corrected chi connectivity index (χ0v) is 20.4. The van der Waals surface area contributed by atoms with Gasteiger partial charge in [-0.3, -0.25) is 4.99 Å². The highest BCUT2D eigenvalue weighted by Crippen LogP contribution is 2.44. The molecule has 3 aromatic carbocycles. The van der Waals surface area contributed by atoms with E-state index in [-0.39, 0.29) is 21.8 Å². The van der Waals surface area contributed by atoms with Crippen molar-refractivity contribution in [2.24, 2.45) is 4.99 Å². The van der Waals surface area contributed by atoms with Crippen molar-refractivity contribution >= 4 is 38.5 Å². The van der Waals surface area contributed by atoms with Crippen LogP contribution in [-0.2, 0) is 16.4 Å². The van der Waals surface area contributed by atoms with Gasteiger partial charge in [0.15, 0.2) is 17.2 Å². The molecule has 0 radical (unpaired) electrons. The minimum Gasteiger partial charge on any atom is -0.504 e. The van der Waals surface area contributed by atoms with Crippen LogP contribution in [0.2, 0.25) is 0 Å². The van der Waals surface area contributed by atoms with Gasteiger partial charge in [-0.1, -0.05) is 17.7 Å². The SMILES string of the molecule is COc1ccc(C=Nc2cc3c4c(cn(S(=O)(=O)c5ccc(C)cc5)c4c2O)CCN3)cc1OC. The van der Waals surface area contributed by atoms with E-state index in [0.29, 0.717) is 29.9 Å². The van der Waals surface area contributed by atoms with Crippen LogP contribution < -0.4 is 14.8 Å². The minimum absolute atomic E-state index is 0.152. The Morgan fingerprint density at radius 2 is 1.80 bits per heavy atom. The van der Waals surface area contributed by atoms with Crippen LogP contribution in [0.3, 0.4) is 0 Å². The van der Waals surface area contributed by atoms with E-state index in [9.17, 15) is 13.5 Å². The monoisotopic (exact) mass is 491 g/mol. The molecule has 0 spiro atoms. The van der Waals surface area contributed by atoms with Crippen LogP contribution in [0.5, 0.6) is 17.2 Å². The number of hydrogen-bond acceptors (Lipinski definition) is 7. The molecule has 2 N–H and O–H groups in total. The Bertz CT molecular complexity index is 1570. The van der Waals surface area contributed by atoms with Crippen LogP contribution in [0.15, 0.2) is 64.6 Å². The Labute approximate surface area is 203 Å². The van der Waals surface area contributed by atoms with Crippen LogP contribution in [0, 0.1) is 6.92 Å². The van der Waals surface area contributed by atoms with Gasteiger partial charge in [0, 0.05) is 30.0 Å². The second-order valence-corrected chi connectivity index (χ2v) is 10.1. The Morgan fingerprint density at radius 3 is 2.51 bits per heavy atom. The number of methoxy groups -OCH3 is 2. The predicted octanol–water partition coefficient (Wildman–Crippen LogP) is 4.63. The highest BCUT2D eigenvalue weighted by Gasteiger charge is 2.28. The molecule has 0 atom stereocenters. The summed E-state index contributed by atoms with van der Waals surface area (Å²) < 4.78 is 38.9. The summed E-state index contributed by atoms with van der Waals surface area (Å²) in [5, 5.41) is 15.2. The van der Waals surface area contributed by atoms with Crippen molar-refractivity contribution in [1.29, 1.82) is 0 Å². The maximum Gasteiger partial charge on any atom is 0.268 e. The lowest BCUT2D eigenvalue weighted by Crippen LogP contribution is -2.12. The normalized spacial score (nSPS) is 13.2. The number of aryl methyl sites for hydroxylation is 1. The van der Waals surface area contributed by atoms with Gasteiger partial charge in [-0.05, 0) is 60.9 Å². The van der Waals surface area contributed by atoms with Gasteiger partial charge in [0.2, 0.25) is 0 Å². The van der Waals surface area contributed by atoms with Gasteiger partial charge in [0.25, 0.3) is 10.0 Å². The number of rotatable bonds is 6. The fourth-order valence-electron chi connectivity index (χ4n) is 4.30. The van der Waals surface area contributed by atoms with E-state index in [1.54, 1.807) is 69.1 Å². The predicted molar refractivity (Wildman–Crippen MR) is 136 cm³/mol. The lowest BCUT2D eigenvalue weighted by molar-refractivity contribution is 0.355. The smallest absolute Gasteiger partial charge is 0.268 e. The molecule has 0 aliphatic carbocycles. The summed E-state index contributed by atoms with van der Waals surface area (Å²) in [6, 6.07) is 13.7. The van der Waals surface area contributed by atoms with Crippen LogP contribution in [0.25, 0.3) is 10.9 Å². The van der Waals surface area contributed by atoms with Crippen LogP contribution in [0.4, 0.5) is 11.4 Å². The lowest BCUT2D eigenvalue weighted by atomic mass is 10.0. The number of aromatic hydroxyl groups is 1. The third kappa shape index (κ3) is 3.87. The Hall–Kier alpha value is -3.98. The first-order valence-electron chi connectivity index (χ1n) is 11.1. The van der Waals surface area contributed by atoms with Gasteiger partial charge in [0.1, 0.15) is 11.2 Å². The van der Waals surface area contributed by atoms with Crippen LogP contribution in [0.1, 0.15) is 16.7 Å². The number of phenols is 1. The second kappa shape index (κ2) is 8.66. The summed E-state index contributed by atoms with van der Waals surface area (Å²) in [5.74, 6) is 0.941. The van der Waals surface area contributed by atoms with Gasteiger partial charge in [0.05, 0.1) is 19.1 Å². The zero-order valence-electron chi connectivity index (χ0n) is 19.6. The molecule has 0 amide bonds. The first-order chi connectivity index (χ1) is 16.8. The van der Waals surface area contributed by atoms with Crippen molar-refractivity contribution in [2.75, 3.05) is 26.1 Å². The fraction of sp³-hybridized carbons (Fsp3) is 0.192. The van der Waals surface area contributed by atoms with E-state index >= 15 is 0 Å². The topological polar surface area (TPSA) is 102 Å². The average molecular weight is 492 g/mol. The Morgan fingerprint density at radius 1 is 1.06 bits per heavy atom. The number of phenolic OH excluding ortho intramolecular Hbond substituents is 1. The molecule has 1 aliphatic heterocycles. The Balaban J connectivity index is 1.66. The van der Waals surface area contributed by atoms with Crippen LogP contribution >= 0.6 is 0 Å². The van der Waals surface area contributed by atoms with Crippen molar-refractivity contribution in [3.63, 3.8) is 0 Å². The number of aliphatic imine (C=N–C) groups is 1. The summed E-state index contributed by atoms with van der Waals surface area (Å²) in [6.07, 6.45) is 3.83. The van der Waals surface area contributed by atoms with Gasteiger partial charge in [-0.2, -0.15) is 0 Å². The molecule has 8 nitrogen and oxygen atoms in total. The molecule has 180 valence electrons. The molecule has 0 fully saturated rings. The quantitative estimate of drug-likeness (QED) is 0.301. The number of benzene rings is 3. The second-order valence-electron chi connectivity index (χ2n) is 8.33. The van der Waals surface area contributed by atoms with Crippen molar-refractivity contribution in [3.8, 4) is 17.2 Å². The summed E-state index contributed by atoms with van der Waals surface area (Å²) in [5.41, 5.74) is 3.74. The summed E-state index contributed by atoms with van der Waals surface area (Å²) in [7, 11) is -0.825. The molecule has 2 heterocycles. The molecule has 4 aromatic rings. The lowest BCUT2D eigenvalue weighted by Gasteiger charge is -2.16. The van der Waals surface area contributed by atoms with Crippen molar-refractivity contribution < 1.29 is 23.0 Å². The largest absolute Gasteiger partial charge is 0.504 e. The first kappa shape index (κ1) is 22.8. The third-order valence-corrected chi connectivity index (χ3v) is 7.79. The minimum atomic E-state index is -3.94. The van der Waals surface area contributed by atoms with E-state index < -0.39 is 10.0 Å². The van der Waals surface area contributed by atoms with E-state index in [1.807, 2.05) is 13.0 Å². The fourth-order valence-corrected chi connectivity index (χ4v) is 5.70. The number of nitrogens with one attached hydrogen (secondary N) is 1. The molecule has 0 saturated carbocycles. The number of aromatic nitrogens is 1. The Kier molecular flexibility index (Phi) is 5.64. The molecule has 5 rings (SSSR count). The van der Waals surface area contributed by atoms with Crippen molar-refractivity contribution in [1.82, 2.24) is 3.97 Å². The molecular formula is C26H25N3O5S. The average Bonchev–Trinajstić information content (AvgIpc) is 3.27. The zero-order chi connectivity index (χ0) is 24.7. The summed E-state index contributed by atoms with van der Waals surface area (Å²) >= 11 is 0. The molecule has 0 saturated heterocycles. The van der Waals surface area contributed by atoms with E-state index in [2.05, 4.69) is 10.3 Å². The van der Waals surface area contributed by atoms with Gasteiger partial charge >= 0.3 is 0 Å². The highest BCUT2D eigenvalue weighted by molar-refractivity contribution is 7.90. The molecular weight excluding hydrogens is 466 g/mol. The summed E-state index contributed by atoms with van der Waals surface area (Å²) in [6.45, 7) is 2.55. The van der Waals surface area contributed by atoms with Gasteiger partial charge < -0.3 is 19.9 Å². The van der Waals surface area contributed by atoms with E-state index in [4.69, 9.17) is 9.47 Å². The summed E-state index contributed by atoms with van der Waals surface area (Å²) in [4.78, 5) is 4.64. The molecule has 9 heteroatoms. The van der Waals surface area contributed by atoms with Gasteiger partial charge in [-0.25, -0.2) is 12.4 Å². The van der Waals surface area contributed by atoms with Gasteiger partial charge in [-0.15, -0.1) is 0 Å². The first-order valence-corrected chi connectivity index (χ1v) is 12.5.